The molecule has 2 fully saturated rings. The van der Waals surface area contributed by atoms with Gasteiger partial charge in [-0.1, -0.05) is 67.7 Å². The van der Waals surface area contributed by atoms with Gasteiger partial charge in [-0.3, -0.25) is 10.2 Å². The van der Waals surface area contributed by atoms with E-state index in [0.29, 0.717) is 5.41 Å². The Morgan fingerprint density at radius 2 is 1.68 bits per heavy atom. The fraction of sp³-hybridized carbons (Fsp3) is 1.00. The van der Waals surface area contributed by atoms with E-state index < -0.39 is 12.5 Å². The Kier molecular flexibility index (Phi) is 8.41. The maximum Gasteiger partial charge on any atom is 0.123 e. The van der Waals surface area contributed by atoms with Crippen LogP contribution in [0.5, 0.6) is 0 Å². The molecule has 4 atom stereocenters. The highest BCUT2D eigenvalue weighted by molar-refractivity contribution is 5.01. The van der Waals surface area contributed by atoms with Crippen molar-refractivity contribution in [3.63, 3.8) is 0 Å². The van der Waals surface area contributed by atoms with E-state index in [1.165, 1.54) is 25.7 Å². The molecule has 166 valence electrons. The minimum Gasteiger partial charge on any atom is -0.379 e. The molecule has 3 unspecified atom stereocenters. The van der Waals surface area contributed by atoms with Crippen molar-refractivity contribution < 1.29 is 10.2 Å². The second kappa shape index (κ2) is 9.76. The highest BCUT2D eigenvalue weighted by atomic mass is 16.3. The van der Waals surface area contributed by atoms with E-state index in [9.17, 15) is 10.2 Å². The minimum atomic E-state index is -0.554. The van der Waals surface area contributed by atoms with Crippen LogP contribution in [-0.4, -0.2) is 46.7 Å². The Morgan fingerprint density at radius 1 is 1.07 bits per heavy atom. The van der Waals surface area contributed by atoms with Crippen LogP contribution in [0.2, 0.25) is 0 Å². The Labute approximate surface area is 174 Å². The van der Waals surface area contributed by atoms with Gasteiger partial charge in [0.1, 0.15) is 12.5 Å². The molecule has 2 rings (SSSR count). The zero-order chi connectivity index (χ0) is 21.1. The summed E-state index contributed by atoms with van der Waals surface area (Å²) in [5.41, 5.74) is 0.507. The van der Waals surface area contributed by atoms with Crippen LogP contribution in [0, 0.1) is 28.6 Å². The normalized spacial score (nSPS) is 34.9. The number of rotatable bonds is 8. The summed E-state index contributed by atoms with van der Waals surface area (Å²) >= 11 is 0. The average Bonchev–Trinajstić information content (AvgIpc) is 2.62. The van der Waals surface area contributed by atoms with Crippen molar-refractivity contribution in [3.05, 3.63) is 0 Å². The lowest BCUT2D eigenvalue weighted by molar-refractivity contribution is -0.135. The summed E-state index contributed by atoms with van der Waals surface area (Å²) in [6.07, 6.45) is 7.18. The van der Waals surface area contributed by atoms with Gasteiger partial charge < -0.3 is 10.2 Å². The molecule has 0 spiro atoms. The van der Waals surface area contributed by atoms with E-state index in [0.717, 1.165) is 44.2 Å². The van der Waals surface area contributed by atoms with E-state index >= 15 is 0 Å². The number of nitrogens with one attached hydrogen (secondary N) is 1. The largest absolute Gasteiger partial charge is 0.379 e. The van der Waals surface area contributed by atoms with Crippen LogP contribution in [0.15, 0.2) is 0 Å². The van der Waals surface area contributed by atoms with E-state index in [-0.39, 0.29) is 17.4 Å². The fourth-order valence-electron chi connectivity index (χ4n) is 5.79. The number of aliphatic hydroxyl groups is 2. The summed E-state index contributed by atoms with van der Waals surface area (Å²) in [6.45, 7) is 17.9. The number of aliphatic hydroxyl groups excluding tert-OH is 2. The van der Waals surface area contributed by atoms with Crippen molar-refractivity contribution in [2.45, 2.75) is 112 Å². The van der Waals surface area contributed by atoms with Crippen LogP contribution in [0.4, 0.5) is 0 Å². The first-order chi connectivity index (χ1) is 13.0. The molecule has 1 aliphatic heterocycles. The zero-order valence-electron chi connectivity index (χ0n) is 19.7. The van der Waals surface area contributed by atoms with Gasteiger partial charge in [0, 0.05) is 13.1 Å². The first kappa shape index (κ1) is 24.1. The van der Waals surface area contributed by atoms with Crippen molar-refractivity contribution in [2.75, 3.05) is 13.1 Å². The summed E-state index contributed by atoms with van der Waals surface area (Å²) in [4.78, 5) is 2.27. The molecule has 0 aromatic carbocycles. The third kappa shape index (κ3) is 5.30. The lowest BCUT2D eigenvalue weighted by atomic mass is 9.53. The summed E-state index contributed by atoms with van der Waals surface area (Å²) in [7, 11) is 0. The summed E-state index contributed by atoms with van der Waals surface area (Å²) in [6, 6.07) is -0.114. The van der Waals surface area contributed by atoms with Crippen LogP contribution < -0.4 is 5.32 Å². The maximum absolute atomic E-state index is 11.2. The summed E-state index contributed by atoms with van der Waals surface area (Å²) in [5, 5.41) is 24.8. The number of likely N-dealkylation sites (tertiary alicyclic amines) is 1. The molecule has 3 N–H and O–H groups in total. The molecule has 0 aromatic heterocycles. The van der Waals surface area contributed by atoms with Gasteiger partial charge >= 0.3 is 0 Å². The molecule has 28 heavy (non-hydrogen) atoms. The third-order valence-electron chi connectivity index (χ3n) is 8.34. The molecule has 4 nitrogen and oxygen atoms in total. The van der Waals surface area contributed by atoms with Crippen molar-refractivity contribution in [2.24, 2.45) is 28.6 Å². The number of hydrogen-bond acceptors (Lipinski definition) is 4. The molecular formula is C24H48N2O2. The molecule has 1 heterocycles. The molecular weight excluding hydrogens is 348 g/mol. The zero-order valence-corrected chi connectivity index (χ0v) is 19.7. The average molecular weight is 397 g/mol. The molecule has 0 radical (unpaired) electrons. The standard InChI is InChI=1S/C24H48N2O2/c1-8-9-20(27)25-21(17(2)3)22(28)26-15-14-24(7,23(5,6)16-26)19-12-10-18(4)11-13-19/h17-22,25,27-28H,8-16H2,1-7H3/t18?,19?,20?,21-,22?,24?/m1/s1. The lowest BCUT2D eigenvalue weighted by Gasteiger charge is -2.58. The van der Waals surface area contributed by atoms with E-state index in [1.807, 2.05) is 0 Å². The third-order valence-corrected chi connectivity index (χ3v) is 8.34. The Morgan fingerprint density at radius 3 is 2.18 bits per heavy atom. The molecule has 0 bridgehead atoms. The molecule has 0 amide bonds. The maximum atomic E-state index is 11.2. The van der Waals surface area contributed by atoms with Gasteiger partial charge in [-0.05, 0) is 54.3 Å². The molecule has 4 heteroatoms. The van der Waals surface area contributed by atoms with Crippen molar-refractivity contribution >= 4 is 0 Å². The Hall–Kier alpha value is -0.160. The van der Waals surface area contributed by atoms with Crippen molar-refractivity contribution in [1.82, 2.24) is 10.2 Å². The molecule has 0 aromatic rings. The van der Waals surface area contributed by atoms with Crippen molar-refractivity contribution in [1.29, 1.82) is 0 Å². The lowest BCUT2D eigenvalue weighted by Crippen LogP contribution is -2.62. The first-order valence-electron chi connectivity index (χ1n) is 11.9. The van der Waals surface area contributed by atoms with Gasteiger partial charge in [-0.2, -0.15) is 0 Å². The summed E-state index contributed by atoms with van der Waals surface area (Å²) < 4.78 is 0. The van der Waals surface area contributed by atoms with Crippen LogP contribution >= 0.6 is 0 Å². The first-order valence-corrected chi connectivity index (χ1v) is 11.9. The van der Waals surface area contributed by atoms with Crippen LogP contribution in [-0.2, 0) is 0 Å². The number of piperidine rings is 1. The summed E-state index contributed by atoms with van der Waals surface area (Å²) in [5.74, 6) is 1.96. The highest BCUT2D eigenvalue weighted by Crippen LogP contribution is 2.55. The topological polar surface area (TPSA) is 55.7 Å². The minimum absolute atomic E-state index is 0.114. The predicted octanol–water partition coefficient (Wildman–Crippen LogP) is 4.60. The molecule has 1 saturated carbocycles. The van der Waals surface area contributed by atoms with E-state index in [1.54, 1.807) is 0 Å². The molecule has 1 aliphatic carbocycles. The van der Waals surface area contributed by atoms with Gasteiger partial charge in [-0.25, -0.2) is 0 Å². The highest BCUT2D eigenvalue weighted by Gasteiger charge is 2.51. The van der Waals surface area contributed by atoms with Gasteiger partial charge in [0.05, 0.1) is 6.04 Å². The Balaban J connectivity index is 2.07. The SMILES string of the molecule is CCCC(O)N[C@H](C(C)C)C(O)N1CCC(C)(C2CCC(C)CC2)C(C)(C)C1. The van der Waals surface area contributed by atoms with Crippen LogP contribution in [0.25, 0.3) is 0 Å². The second-order valence-electron chi connectivity index (χ2n) is 11.1. The number of hydrogen-bond donors (Lipinski definition) is 3. The van der Waals surface area contributed by atoms with Gasteiger partial charge in [0.2, 0.25) is 0 Å². The smallest absolute Gasteiger partial charge is 0.123 e. The van der Waals surface area contributed by atoms with Gasteiger partial charge in [0.25, 0.3) is 0 Å². The Bertz CT molecular complexity index is 473. The quantitative estimate of drug-likeness (QED) is 0.525. The van der Waals surface area contributed by atoms with Gasteiger partial charge in [-0.15, -0.1) is 0 Å². The number of nitrogens with zero attached hydrogens (tertiary/aromatic N) is 1. The van der Waals surface area contributed by atoms with Crippen LogP contribution in [0.1, 0.15) is 93.4 Å². The predicted molar refractivity (Wildman–Crippen MR) is 118 cm³/mol. The van der Waals surface area contributed by atoms with E-state index in [4.69, 9.17) is 0 Å². The van der Waals surface area contributed by atoms with Crippen molar-refractivity contribution in [3.8, 4) is 0 Å². The van der Waals surface area contributed by atoms with Gasteiger partial charge in [0.15, 0.2) is 0 Å². The second-order valence-corrected chi connectivity index (χ2v) is 11.1. The molecule has 2 aliphatic rings. The van der Waals surface area contributed by atoms with E-state index in [2.05, 4.69) is 58.7 Å². The monoisotopic (exact) mass is 396 g/mol. The van der Waals surface area contributed by atoms with Crippen LogP contribution in [0.3, 0.4) is 0 Å². The fourth-order valence-corrected chi connectivity index (χ4v) is 5.79. The molecule has 1 saturated heterocycles.